The molecular weight excluding hydrogens is 434 g/mol. The quantitative estimate of drug-likeness (QED) is 0.440. The van der Waals surface area contributed by atoms with E-state index in [1.807, 2.05) is 49.4 Å². The molecule has 0 aliphatic carbocycles. The van der Waals surface area contributed by atoms with Gasteiger partial charge in [0.15, 0.2) is 5.76 Å². The van der Waals surface area contributed by atoms with E-state index in [4.69, 9.17) is 19.0 Å². The molecule has 172 valence electrons. The minimum absolute atomic E-state index is 0.264. The zero-order valence-electron chi connectivity index (χ0n) is 18.9. The van der Waals surface area contributed by atoms with Gasteiger partial charge in [0.1, 0.15) is 17.5 Å². The van der Waals surface area contributed by atoms with Crippen LogP contribution < -0.4 is 20.1 Å². The summed E-state index contributed by atoms with van der Waals surface area (Å²) in [5.74, 6) is 2.35. The number of rotatable bonds is 6. The van der Waals surface area contributed by atoms with Gasteiger partial charge in [0.25, 0.3) is 5.91 Å². The van der Waals surface area contributed by atoms with E-state index in [0.29, 0.717) is 46.0 Å². The van der Waals surface area contributed by atoms with Crippen molar-refractivity contribution in [1.82, 2.24) is 14.8 Å². The van der Waals surface area contributed by atoms with Crippen LogP contribution in [-0.4, -0.2) is 34.9 Å². The first kappa shape index (κ1) is 21.3. The lowest BCUT2D eigenvalue weighted by atomic mass is 9.94. The number of aromatic nitrogens is 3. The molecule has 1 aliphatic rings. The number of hydrogen-bond donors (Lipinski definition) is 2. The molecule has 2 aromatic heterocycles. The minimum Gasteiger partial charge on any atom is -0.497 e. The number of carbonyl (C=O) groups excluding carboxylic acids is 1. The molecule has 3 heterocycles. The molecule has 0 saturated heterocycles. The Morgan fingerprint density at radius 3 is 2.62 bits per heavy atom. The molecule has 2 N–H and O–H groups in total. The van der Waals surface area contributed by atoms with Gasteiger partial charge in [-0.1, -0.05) is 18.2 Å². The number of methoxy groups -OCH3 is 2. The van der Waals surface area contributed by atoms with Gasteiger partial charge in [0.05, 0.1) is 26.1 Å². The third-order valence-electron chi connectivity index (χ3n) is 5.61. The van der Waals surface area contributed by atoms with Crippen LogP contribution in [0.4, 0.5) is 11.6 Å². The maximum atomic E-state index is 13.6. The molecule has 0 radical (unpaired) electrons. The standard InChI is InChI=1S/C25H23N5O4/c1-15-21(24(31)27-16-8-5-4-6-9-16)22(18-12-11-17(32-2)14-20(18)33-3)30-25(26-15)28-23(29-30)19-10-7-13-34-19/h4-14,22H,1-3H3,(H,27,31)(H,26,28,29). The van der Waals surface area contributed by atoms with Gasteiger partial charge in [-0.05, 0) is 43.3 Å². The van der Waals surface area contributed by atoms with E-state index in [2.05, 4.69) is 15.6 Å². The normalized spacial score (nSPS) is 14.9. The van der Waals surface area contributed by atoms with Crippen molar-refractivity contribution >= 4 is 17.5 Å². The van der Waals surface area contributed by atoms with Gasteiger partial charge in [-0.2, -0.15) is 4.98 Å². The predicted octanol–water partition coefficient (Wildman–Crippen LogP) is 4.48. The first-order chi connectivity index (χ1) is 16.6. The van der Waals surface area contributed by atoms with Crippen LogP contribution in [-0.2, 0) is 4.79 Å². The number of anilines is 2. The Morgan fingerprint density at radius 2 is 1.91 bits per heavy atom. The first-order valence-electron chi connectivity index (χ1n) is 10.7. The van der Waals surface area contributed by atoms with Crippen molar-refractivity contribution in [1.29, 1.82) is 0 Å². The van der Waals surface area contributed by atoms with Gasteiger partial charge in [0.2, 0.25) is 11.8 Å². The van der Waals surface area contributed by atoms with Crippen molar-refractivity contribution in [3.63, 3.8) is 0 Å². The fourth-order valence-electron chi connectivity index (χ4n) is 4.01. The molecule has 9 nitrogen and oxygen atoms in total. The molecule has 5 rings (SSSR count). The lowest BCUT2D eigenvalue weighted by Gasteiger charge is -2.29. The van der Waals surface area contributed by atoms with E-state index in [-0.39, 0.29) is 5.91 Å². The second kappa shape index (κ2) is 8.78. The fraction of sp³-hybridized carbons (Fsp3) is 0.160. The summed E-state index contributed by atoms with van der Waals surface area (Å²) in [5.41, 5.74) is 2.56. The highest BCUT2D eigenvalue weighted by atomic mass is 16.5. The Hall–Kier alpha value is -4.53. The third-order valence-corrected chi connectivity index (χ3v) is 5.61. The van der Waals surface area contributed by atoms with E-state index in [1.165, 1.54) is 0 Å². The molecule has 0 bridgehead atoms. The van der Waals surface area contributed by atoms with Crippen molar-refractivity contribution in [3.8, 4) is 23.1 Å². The van der Waals surface area contributed by atoms with E-state index in [1.54, 1.807) is 43.4 Å². The molecule has 34 heavy (non-hydrogen) atoms. The number of ether oxygens (including phenoxy) is 2. The van der Waals surface area contributed by atoms with Crippen LogP contribution in [0.25, 0.3) is 11.6 Å². The Balaban J connectivity index is 1.65. The van der Waals surface area contributed by atoms with Crippen LogP contribution in [0.3, 0.4) is 0 Å². The SMILES string of the molecule is COc1ccc(C2C(C(=O)Nc3ccccc3)=C(C)Nc3nc(-c4ccco4)nn32)c(OC)c1. The molecule has 0 spiro atoms. The van der Waals surface area contributed by atoms with E-state index >= 15 is 0 Å². The average molecular weight is 457 g/mol. The number of hydrogen-bond acceptors (Lipinski definition) is 7. The summed E-state index contributed by atoms with van der Waals surface area (Å²) in [6, 6.07) is 17.7. The summed E-state index contributed by atoms with van der Waals surface area (Å²) in [5, 5.41) is 10.9. The molecule has 0 fully saturated rings. The average Bonchev–Trinajstić information content (AvgIpc) is 3.53. The number of fused-ring (bicyclic) bond motifs is 1. The Labute approximate surface area is 196 Å². The topological polar surface area (TPSA) is 103 Å². The second-order valence-corrected chi connectivity index (χ2v) is 7.68. The lowest BCUT2D eigenvalue weighted by molar-refractivity contribution is -0.113. The molecular formula is C25H23N5O4. The summed E-state index contributed by atoms with van der Waals surface area (Å²) in [6.07, 6.45) is 1.56. The highest BCUT2D eigenvalue weighted by Crippen LogP contribution is 2.41. The number of benzene rings is 2. The largest absolute Gasteiger partial charge is 0.497 e. The van der Waals surface area contributed by atoms with Gasteiger partial charge in [-0.3, -0.25) is 4.79 Å². The molecule has 1 atom stereocenters. The van der Waals surface area contributed by atoms with E-state index in [9.17, 15) is 4.79 Å². The maximum Gasteiger partial charge on any atom is 0.255 e. The summed E-state index contributed by atoms with van der Waals surface area (Å²) in [4.78, 5) is 18.2. The minimum atomic E-state index is -0.614. The molecule has 9 heteroatoms. The fourth-order valence-corrected chi connectivity index (χ4v) is 4.01. The van der Waals surface area contributed by atoms with Gasteiger partial charge in [-0.25, -0.2) is 4.68 Å². The molecule has 1 aliphatic heterocycles. The number of furan rings is 1. The van der Waals surface area contributed by atoms with Crippen molar-refractivity contribution in [3.05, 3.63) is 83.8 Å². The Bertz CT molecular complexity index is 1360. The highest BCUT2D eigenvalue weighted by molar-refractivity contribution is 6.06. The smallest absolute Gasteiger partial charge is 0.255 e. The highest BCUT2D eigenvalue weighted by Gasteiger charge is 2.36. The number of nitrogens with zero attached hydrogens (tertiary/aromatic N) is 3. The summed E-state index contributed by atoms with van der Waals surface area (Å²) >= 11 is 0. The Morgan fingerprint density at radius 1 is 1.09 bits per heavy atom. The predicted molar refractivity (Wildman–Crippen MR) is 127 cm³/mol. The zero-order chi connectivity index (χ0) is 23.7. The summed E-state index contributed by atoms with van der Waals surface area (Å²) < 4.78 is 18.2. The van der Waals surface area contributed by atoms with Crippen LogP contribution in [0.5, 0.6) is 11.5 Å². The lowest BCUT2D eigenvalue weighted by Crippen LogP contribution is -2.31. The molecule has 0 saturated carbocycles. The van der Waals surface area contributed by atoms with Crippen LogP contribution in [0.15, 0.2) is 82.6 Å². The van der Waals surface area contributed by atoms with Crippen molar-refractivity contribution < 1.29 is 18.7 Å². The second-order valence-electron chi connectivity index (χ2n) is 7.68. The van der Waals surface area contributed by atoms with Gasteiger partial charge in [0, 0.05) is 23.0 Å². The van der Waals surface area contributed by atoms with Crippen LogP contribution >= 0.6 is 0 Å². The van der Waals surface area contributed by atoms with Crippen LogP contribution in [0, 0.1) is 0 Å². The number of amides is 1. The molecule has 1 amide bonds. The van der Waals surface area contributed by atoms with Crippen LogP contribution in [0.2, 0.25) is 0 Å². The maximum absolute atomic E-state index is 13.6. The van der Waals surface area contributed by atoms with Gasteiger partial charge < -0.3 is 24.5 Å². The zero-order valence-corrected chi connectivity index (χ0v) is 18.9. The van der Waals surface area contributed by atoms with E-state index < -0.39 is 6.04 Å². The molecule has 4 aromatic rings. The van der Waals surface area contributed by atoms with E-state index in [0.717, 1.165) is 5.56 Å². The third kappa shape index (κ3) is 3.77. The van der Waals surface area contributed by atoms with Gasteiger partial charge >= 0.3 is 0 Å². The number of allylic oxidation sites excluding steroid dienone is 1. The number of para-hydroxylation sites is 1. The monoisotopic (exact) mass is 457 g/mol. The van der Waals surface area contributed by atoms with Crippen molar-refractivity contribution in [2.75, 3.05) is 24.9 Å². The summed E-state index contributed by atoms with van der Waals surface area (Å²) in [6.45, 7) is 1.84. The van der Waals surface area contributed by atoms with Gasteiger partial charge in [-0.15, -0.1) is 5.10 Å². The molecule has 2 aromatic carbocycles. The summed E-state index contributed by atoms with van der Waals surface area (Å²) in [7, 11) is 3.17. The van der Waals surface area contributed by atoms with Crippen LogP contribution in [0.1, 0.15) is 18.5 Å². The molecule has 1 unspecified atom stereocenters. The first-order valence-corrected chi connectivity index (χ1v) is 10.7. The van der Waals surface area contributed by atoms with Crippen molar-refractivity contribution in [2.45, 2.75) is 13.0 Å². The number of nitrogens with one attached hydrogen (secondary N) is 2. The number of carbonyl (C=O) groups is 1. The Kier molecular flexibility index (Phi) is 5.51. The van der Waals surface area contributed by atoms with Crippen molar-refractivity contribution in [2.24, 2.45) is 0 Å².